The largest absolute Gasteiger partial charge is 0.497 e. The van der Waals surface area contributed by atoms with Crippen LogP contribution in [0.1, 0.15) is 0 Å². The quantitative estimate of drug-likeness (QED) is 0.797. The Balaban J connectivity index is 3.29. The SMILES string of the molecule is COc1ccc(OC)c(N(C)S(C)(=O)=O)c1. The molecule has 0 saturated heterocycles. The lowest BCUT2D eigenvalue weighted by Gasteiger charge is -2.19. The van der Waals surface area contributed by atoms with Gasteiger partial charge in [0.05, 0.1) is 26.2 Å². The van der Waals surface area contributed by atoms with Crippen LogP contribution in [0.3, 0.4) is 0 Å². The molecule has 90 valence electrons. The normalized spacial score (nSPS) is 11.0. The van der Waals surface area contributed by atoms with E-state index in [9.17, 15) is 8.42 Å². The van der Waals surface area contributed by atoms with E-state index in [1.807, 2.05) is 0 Å². The Morgan fingerprint density at radius 3 is 2.25 bits per heavy atom. The van der Waals surface area contributed by atoms with Crippen LogP contribution in [0.2, 0.25) is 0 Å². The molecule has 0 aliphatic heterocycles. The molecular weight excluding hydrogens is 230 g/mol. The minimum absolute atomic E-state index is 0.448. The van der Waals surface area contributed by atoms with Crippen LogP contribution in [0, 0.1) is 0 Å². The van der Waals surface area contributed by atoms with Crippen LogP contribution in [0.4, 0.5) is 5.69 Å². The molecule has 0 N–H and O–H groups in total. The number of anilines is 1. The topological polar surface area (TPSA) is 55.8 Å². The van der Waals surface area contributed by atoms with Crippen LogP contribution in [-0.2, 0) is 10.0 Å². The predicted octanol–water partition coefficient (Wildman–Crippen LogP) is 1.10. The highest BCUT2D eigenvalue weighted by Crippen LogP contribution is 2.32. The predicted molar refractivity (Wildman–Crippen MR) is 62.8 cm³/mol. The van der Waals surface area contributed by atoms with Gasteiger partial charge in [-0.1, -0.05) is 0 Å². The van der Waals surface area contributed by atoms with E-state index in [-0.39, 0.29) is 0 Å². The molecule has 0 radical (unpaired) electrons. The number of ether oxygens (including phenoxy) is 2. The van der Waals surface area contributed by atoms with Crippen molar-refractivity contribution in [3.63, 3.8) is 0 Å². The van der Waals surface area contributed by atoms with Crippen LogP contribution < -0.4 is 13.8 Å². The highest BCUT2D eigenvalue weighted by molar-refractivity contribution is 7.92. The zero-order valence-electron chi connectivity index (χ0n) is 9.72. The fourth-order valence-corrected chi connectivity index (χ4v) is 1.72. The zero-order chi connectivity index (χ0) is 12.3. The molecule has 0 aromatic heterocycles. The lowest BCUT2D eigenvalue weighted by atomic mass is 10.3. The van der Waals surface area contributed by atoms with Gasteiger partial charge in [0.2, 0.25) is 10.0 Å². The average Bonchev–Trinajstić information content (AvgIpc) is 2.25. The first kappa shape index (κ1) is 12.6. The Labute approximate surface area is 95.6 Å². The highest BCUT2D eigenvalue weighted by Gasteiger charge is 2.17. The molecule has 0 aliphatic rings. The number of sulfonamides is 1. The molecule has 0 spiro atoms. The molecule has 0 aliphatic carbocycles. The maximum absolute atomic E-state index is 11.4. The summed E-state index contributed by atoms with van der Waals surface area (Å²) in [5, 5.41) is 0. The van der Waals surface area contributed by atoms with Crippen molar-refractivity contribution >= 4 is 15.7 Å². The Kier molecular flexibility index (Phi) is 3.64. The number of nitrogens with zero attached hydrogens (tertiary/aromatic N) is 1. The van der Waals surface area contributed by atoms with E-state index in [0.29, 0.717) is 17.2 Å². The molecular formula is C10H15NO4S. The Morgan fingerprint density at radius 2 is 1.81 bits per heavy atom. The maximum atomic E-state index is 11.4. The molecule has 0 bridgehead atoms. The number of hydrogen-bond donors (Lipinski definition) is 0. The standard InChI is InChI=1S/C10H15NO4S/c1-11(16(4,12)13)9-7-8(14-2)5-6-10(9)15-3/h5-7H,1-4H3. The first-order valence-corrected chi connectivity index (χ1v) is 6.41. The molecule has 1 rings (SSSR count). The smallest absolute Gasteiger partial charge is 0.232 e. The summed E-state index contributed by atoms with van der Waals surface area (Å²) in [6.45, 7) is 0. The Morgan fingerprint density at radius 1 is 1.19 bits per heavy atom. The Bertz CT molecular complexity index is 470. The second kappa shape index (κ2) is 4.61. The van der Waals surface area contributed by atoms with Gasteiger partial charge in [0.15, 0.2) is 0 Å². The summed E-state index contributed by atoms with van der Waals surface area (Å²) in [4.78, 5) is 0. The minimum Gasteiger partial charge on any atom is -0.497 e. The van der Waals surface area contributed by atoms with E-state index in [1.165, 1.54) is 21.3 Å². The molecule has 5 nitrogen and oxygen atoms in total. The van der Waals surface area contributed by atoms with Crippen molar-refractivity contribution in [3.8, 4) is 11.5 Å². The summed E-state index contributed by atoms with van der Waals surface area (Å²) in [5.41, 5.74) is 0.448. The van der Waals surface area contributed by atoms with Gasteiger partial charge < -0.3 is 9.47 Å². The van der Waals surface area contributed by atoms with Crippen molar-refractivity contribution in [1.82, 2.24) is 0 Å². The first-order chi connectivity index (χ1) is 7.40. The maximum Gasteiger partial charge on any atom is 0.232 e. The first-order valence-electron chi connectivity index (χ1n) is 4.56. The van der Waals surface area contributed by atoms with Crippen LogP contribution >= 0.6 is 0 Å². The van der Waals surface area contributed by atoms with E-state index in [1.54, 1.807) is 18.2 Å². The van der Waals surface area contributed by atoms with E-state index < -0.39 is 10.0 Å². The van der Waals surface area contributed by atoms with E-state index in [0.717, 1.165) is 10.6 Å². The van der Waals surface area contributed by atoms with Crippen molar-refractivity contribution in [2.75, 3.05) is 31.8 Å². The van der Waals surface area contributed by atoms with E-state index in [2.05, 4.69) is 0 Å². The summed E-state index contributed by atoms with van der Waals surface area (Å²) >= 11 is 0. The van der Waals surface area contributed by atoms with Gasteiger partial charge in [-0.15, -0.1) is 0 Å². The van der Waals surface area contributed by atoms with E-state index >= 15 is 0 Å². The molecule has 16 heavy (non-hydrogen) atoms. The van der Waals surface area contributed by atoms with E-state index in [4.69, 9.17) is 9.47 Å². The van der Waals surface area contributed by atoms with Gasteiger partial charge in [0, 0.05) is 13.1 Å². The fraction of sp³-hybridized carbons (Fsp3) is 0.400. The van der Waals surface area contributed by atoms with Gasteiger partial charge in [-0.3, -0.25) is 4.31 Å². The molecule has 0 atom stereocenters. The average molecular weight is 245 g/mol. The monoisotopic (exact) mass is 245 g/mol. The van der Waals surface area contributed by atoms with Crippen LogP contribution in [0.15, 0.2) is 18.2 Å². The molecule has 1 aromatic rings. The molecule has 0 heterocycles. The molecule has 0 amide bonds. The highest BCUT2D eigenvalue weighted by atomic mass is 32.2. The van der Waals surface area contributed by atoms with Crippen molar-refractivity contribution in [2.24, 2.45) is 0 Å². The lowest BCUT2D eigenvalue weighted by molar-refractivity contribution is 0.404. The molecule has 1 aromatic carbocycles. The summed E-state index contributed by atoms with van der Waals surface area (Å²) in [7, 11) is 1.16. The van der Waals surface area contributed by atoms with Crippen molar-refractivity contribution in [2.45, 2.75) is 0 Å². The zero-order valence-corrected chi connectivity index (χ0v) is 10.5. The third-order valence-corrected chi connectivity index (χ3v) is 3.41. The van der Waals surface area contributed by atoms with Crippen molar-refractivity contribution in [1.29, 1.82) is 0 Å². The van der Waals surface area contributed by atoms with Crippen LogP contribution in [-0.4, -0.2) is 35.9 Å². The lowest BCUT2D eigenvalue weighted by Crippen LogP contribution is -2.25. The summed E-state index contributed by atoms with van der Waals surface area (Å²) in [6.07, 6.45) is 1.13. The minimum atomic E-state index is -3.32. The number of methoxy groups -OCH3 is 2. The molecule has 0 unspecified atom stereocenters. The number of hydrogen-bond acceptors (Lipinski definition) is 4. The summed E-state index contributed by atoms with van der Waals surface area (Å²) in [5.74, 6) is 1.06. The van der Waals surface area contributed by atoms with Gasteiger partial charge in [0.25, 0.3) is 0 Å². The molecule has 6 heteroatoms. The second-order valence-corrected chi connectivity index (χ2v) is 5.28. The summed E-state index contributed by atoms with van der Waals surface area (Å²) in [6, 6.07) is 4.98. The third kappa shape index (κ3) is 2.57. The van der Waals surface area contributed by atoms with Gasteiger partial charge in [0.1, 0.15) is 11.5 Å². The van der Waals surface area contributed by atoms with Crippen molar-refractivity contribution < 1.29 is 17.9 Å². The van der Waals surface area contributed by atoms with Crippen molar-refractivity contribution in [3.05, 3.63) is 18.2 Å². The molecule has 0 saturated carbocycles. The fourth-order valence-electron chi connectivity index (χ4n) is 1.22. The number of benzene rings is 1. The van der Waals surface area contributed by atoms with Gasteiger partial charge in [-0.2, -0.15) is 0 Å². The number of rotatable bonds is 4. The van der Waals surface area contributed by atoms with Gasteiger partial charge in [-0.05, 0) is 12.1 Å². The van der Waals surface area contributed by atoms with Gasteiger partial charge >= 0.3 is 0 Å². The third-order valence-electron chi connectivity index (χ3n) is 2.22. The summed E-state index contributed by atoms with van der Waals surface area (Å²) < 4.78 is 34.1. The van der Waals surface area contributed by atoms with Gasteiger partial charge in [-0.25, -0.2) is 8.42 Å². The second-order valence-electron chi connectivity index (χ2n) is 3.27. The Hall–Kier alpha value is -1.43. The molecule has 0 fully saturated rings. The van der Waals surface area contributed by atoms with Crippen LogP contribution in [0.5, 0.6) is 11.5 Å². The van der Waals surface area contributed by atoms with Crippen LogP contribution in [0.25, 0.3) is 0 Å².